The summed E-state index contributed by atoms with van der Waals surface area (Å²) in [5.74, 6) is -0.833. The zero-order chi connectivity index (χ0) is 11.7. The number of nitrogens with two attached hydrogens (primary N) is 1. The first kappa shape index (κ1) is 13.6. The highest BCUT2D eigenvalue weighted by atomic mass is 16.4. The van der Waals surface area contributed by atoms with Gasteiger partial charge >= 0.3 is 0 Å². The lowest BCUT2D eigenvalue weighted by Gasteiger charge is -2.06. The molecular weight excluding hydrogens is 194 g/mol. The molecule has 84 valence electrons. The average Bonchev–Trinajstić information content (AvgIpc) is 2.18. The summed E-state index contributed by atoms with van der Waals surface area (Å²) in [6, 6.07) is 9.80. The second-order valence-corrected chi connectivity index (χ2v) is 3.15. The predicted octanol–water partition coefficient (Wildman–Crippen LogP) is 0.640. The topological polar surface area (TPSA) is 83.5 Å². The van der Waals surface area contributed by atoms with E-state index in [0.29, 0.717) is 0 Å². The van der Waals surface area contributed by atoms with Gasteiger partial charge in [-0.15, -0.1) is 0 Å². The van der Waals surface area contributed by atoms with Gasteiger partial charge in [-0.05, 0) is 12.0 Å². The van der Waals surface area contributed by atoms with Crippen LogP contribution in [0.1, 0.15) is 12.5 Å². The van der Waals surface area contributed by atoms with E-state index in [1.165, 1.54) is 5.56 Å². The van der Waals surface area contributed by atoms with Gasteiger partial charge in [0.15, 0.2) is 0 Å². The highest BCUT2D eigenvalue weighted by Crippen LogP contribution is 2.00. The highest BCUT2D eigenvalue weighted by molar-refractivity contribution is 5.62. The molecule has 0 radical (unpaired) electrons. The predicted molar refractivity (Wildman–Crippen MR) is 58.5 cm³/mol. The summed E-state index contributed by atoms with van der Waals surface area (Å²) in [4.78, 5) is 9.00. The monoisotopic (exact) mass is 211 g/mol. The molecule has 0 amide bonds. The van der Waals surface area contributed by atoms with Gasteiger partial charge in [-0.1, -0.05) is 30.3 Å². The van der Waals surface area contributed by atoms with Crippen LogP contribution in [0.3, 0.4) is 0 Å². The molecule has 1 aromatic rings. The average molecular weight is 211 g/mol. The Balaban J connectivity index is 0.000000423. The van der Waals surface area contributed by atoms with E-state index in [-0.39, 0.29) is 12.6 Å². The molecule has 0 unspecified atom stereocenters. The third kappa shape index (κ3) is 8.93. The molecule has 0 bridgehead atoms. The van der Waals surface area contributed by atoms with Crippen molar-refractivity contribution < 1.29 is 15.0 Å². The number of rotatable bonds is 3. The summed E-state index contributed by atoms with van der Waals surface area (Å²) >= 11 is 0. The maximum absolute atomic E-state index is 9.00. The van der Waals surface area contributed by atoms with Crippen LogP contribution in [-0.2, 0) is 11.2 Å². The maximum Gasteiger partial charge on any atom is 0.300 e. The Kier molecular flexibility index (Phi) is 7.23. The molecule has 1 atom stereocenters. The largest absolute Gasteiger partial charge is 0.481 e. The van der Waals surface area contributed by atoms with Crippen molar-refractivity contribution in [2.75, 3.05) is 6.61 Å². The van der Waals surface area contributed by atoms with Gasteiger partial charge < -0.3 is 15.9 Å². The number of carboxylic acids is 1. The molecular formula is C11H17NO3. The van der Waals surface area contributed by atoms with Gasteiger partial charge in [-0.2, -0.15) is 0 Å². The summed E-state index contributed by atoms with van der Waals surface area (Å²) in [5, 5.41) is 16.1. The molecule has 0 aromatic heterocycles. The van der Waals surface area contributed by atoms with Crippen molar-refractivity contribution in [1.29, 1.82) is 0 Å². The number of aliphatic hydroxyl groups excluding tert-OH is 1. The van der Waals surface area contributed by atoms with Crippen molar-refractivity contribution in [1.82, 2.24) is 0 Å². The van der Waals surface area contributed by atoms with Crippen molar-refractivity contribution in [3.05, 3.63) is 35.9 Å². The van der Waals surface area contributed by atoms with E-state index in [1.54, 1.807) is 0 Å². The number of carboxylic acid groups (broad SMARTS) is 1. The molecule has 0 aliphatic rings. The van der Waals surface area contributed by atoms with Crippen LogP contribution in [0.15, 0.2) is 30.3 Å². The van der Waals surface area contributed by atoms with Crippen LogP contribution in [0.4, 0.5) is 0 Å². The van der Waals surface area contributed by atoms with E-state index in [9.17, 15) is 0 Å². The third-order valence-electron chi connectivity index (χ3n) is 1.58. The minimum atomic E-state index is -0.833. The molecule has 15 heavy (non-hydrogen) atoms. The Morgan fingerprint density at radius 1 is 1.40 bits per heavy atom. The number of hydrogen-bond acceptors (Lipinski definition) is 3. The van der Waals surface area contributed by atoms with Gasteiger partial charge in [-0.25, -0.2) is 0 Å². The van der Waals surface area contributed by atoms with Gasteiger partial charge in [0.25, 0.3) is 5.97 Å². The first-order valence-electron chi connectivity index (χ1n) is 4.66. The number of aliphatic hydroxyl groups is 1. The number of benzene rings is 1. The second kappa shape index (κ2) is 7.96. The van der Waals surface area contributed by atoms with Crippen LogP contribution in [0.2, 0.25) is 0 Å². The van der Waals surface area contributed by atoms with Gasteiger partial charge in [0.1, 0.15) is 0 Å². The molecule has 4 nitrogen and oxygen atoms in total. The molecule has 1 rings (SSSR count). The van der Waals surface area contributed by atoms with Gasteiger partial charge in [0.05, 0.1) is 6.61 Å². The maximum atomic E-state index is 9.00. The second-order valence-electron chi connectivity index (χ2n) is 3.15. The van der Waals surface area contributed by atoms with E-state index >= 15 is 0 Å². The Morgan fingerprint density at radius 3 is 2.27 bits per heavy atom. The lowest BCUT2D eigenvalue weighted by atomic mass is 10.1. The van der Waals surface area contributed by atoms with Crippen molar-refractivity contribution in [3.63, 3.8) is 0 Å². The van der Waals surface area contributed by atoms with Crippen molar-refractivity contribution >= 4 is 5.97 Å². The summed E-state index contributed by atoms with van der Waals surface area (Å²) in [6.45, 7) is 1.13. The van der Waals surface area contributed by atoms with E-state index in [0.717, 1.165) is 13.3 Å². The lowest BCUT2D eigenvalue weighted by molar-refractivity contribution is -0.134. The van der Waals surface area contributed by atoms with Crippen molar-refractivity contribution in [3.8, 4) is 0 Å². The lowest BCUT2D eigenvalue weighted by Crippen LogP contribution is -2.26. The summed E-state index contributed by atoms with van der Waals surface area (Å²) in [7, 11) is 0. The van der Waals surface area contributed by atoms with Crippen LogP contribution in [0, 0.1) is 0 Å². The van der Waals surface area contributed by atoms with Crippen LogP contribution in [-0.4, -0.2) is 28.8 Å². The molecule has 0 heterocycles. The zero-order valence-electron chi connectivity index (χ0n) is 8.76. The Bertz CT molecular complexity index is 270. The molecule has 4 N–H and O–H groups in total. The molecule has 0 fully saturated rings. The SMILES string of the molecule is CC(=O)O.N[C@@H](CO)Cc1ccccc1. The normalized spacial score (nSPS) is 11.1. The number of carbonyl (C=O) groups is 1. The molecule has 0 spiro atoms. The minimum Gasteiger partial charge on any atom is -0.481 e. The Morgan fingerprint density at radius 2 is 1.87 bits per heavy atom. The third-order valence-corrected chi connectivity index (χ3v) is 1.58. The van der Waals surface area contributed by atoms with Gasteiger partial charge in [-0.3, -0.25) is 4.79 Å². The van der Waals surface area contributed by atoms with Crippen LogP contribution in [0.5, 0.6) is 0 Å². The van der Waals surface area contributed by atoms with Crippen molar-refractivity contribution in [2.24, 2.45) is 5.73 Å². The van der Waals surface area contributed by atoms with Crippen LogP contribution >= 0.6 is 0 Å². The fraction of sp³-hybridized carbons (Fsp3) is 0.364. The van der Waals surface area contributed by atoms with Gasteiger partial charge in [0, 0.05) is 13.0 Å². The Hall–Kier alpha value is -1.39. The van der Waals surface area contributed by atoms with E-state index < -0.39 is 5.97 Å². The molecule has 0 aliphatic heterocycles. The fourth-order valence-corrected chi connectivity index (χ4v) is 0.981. The minimum absolute atomic E-state index is 0.0505. The molecule has 0 saturated carbocycles. The quantitative estimate of drug-likeness (QED) is 0.685. The molecule has 0 aliphatic carbocycles. The standard InChI is InChI=1S/C9H13NO.C2H4O2/c10-9(7-11)6-8-4-2-1-3-5-8;1-2(3)4/h1-5,9,11H,6-7,10H2;1H3,(H,3,4)/t9-;/m1./s1. The van der Waals surface area contributed by atoms with Crippen LogP contribution < -0.4 is 5.73 Å². The highest BCUT2D eigenvalue weighted by Gasteiger charge is 1.99. The fourth-order valence-electron chi connectivity index (χ4n) is 0.981. The van der Waals surface area contributed by atoms with E-state index in [1.807, 2.05) is 30.3 Å². The molecule has 0 saturated heterocycles. The van der Waals surface area contributed by atoms with Gasteiger partial charge in [0.2, 0.25) is 0 Å². The first-order chi connectivity index (χ1) is 7.06. The summed E-state index contributed by atoms with van der Waals surface area (Å²) in [6.07, 6.45) is 0.747. The van der Waals surface area contributed by atoms with E-state index in [4.69, 9.17) is 20.7 Å². The van der Waals surface area contributed by atoms with Crippen LogP contribution in [0.25, 0.3) is 0 Å². The number of aliphatic carboxylic acids is 1. The van der Waals surface area contributed by atoms with Crippen molar-refractivity contribution in [2.45, 2.75) is 19.4 Å². The summed E-state index contributed by atoms with van der Waals surface area (Å²) in [5.41, 5.74) is 6.73. The Labute approximate surface area is 89.4 Å². The zero-order valence-corrected chi connectivity index (χ0v) is 8.76. The molecule has 1 aromatic carbocycles. The van der Waals surface area contributed by atoms with E-state index in [2.05, 4.69) is 0 Å². The smallest absolute Gasteiger partial charge is 0.300 e. The summed E-state index contributed by atoms with van der Waals surface area (Å²) < 4.78 is 0. The number of hydrogen-bond donors (Lipinski definition) is 3. The first-order valence-corrected chi connectivity index (χ1v) is 4.66. The molecule has 4 heteroatoms.